The van der Waals surface area contributed by atoms with Gasteiger partial charge in [0, 0.05) is 11.6 Å². The predicted octanol–water partition coefficient (Wildman–Crippen LogP) is 1.54. The third-order valence-corrected chi connectivity index (χ3v) is 5.62. The molecule has 2 rings (SSSR count). The van der Waals surface area contributed by atoms with Crippen molar-refractivity contribution in [3.05, 3.63) is 29.3 Å². The van der Waals surface area contributed by atoms with Gasteiger partial charge in [0.1, 0.15) is 0 Å². The molecule has 1 amide bonds. The quantitative estimate of drug-likeness (QED) is 0.681. The minimum Gasteiger partial charge on any atom is -0.354 e. The molecule has 1 saturated heterocycles. The monoisotopic (exact) mass is 395 g/mol. The van der Waals surface area contributed by atoms with E-state index in [9.17, 15) is 13.2 Å². The molecule has 0 radical (unpaired) electrons. The molecule has 6 nitrogen and oxygen atoms in total. The maximum atomic E-state index is 12.2. The molecule has 1 aliphatic rings. The van der Waals surface area contributed by atoms with Crippen LogP contribution < -0.4 is 15.4 Å². The van der Waals surface area contributed by atoms with E-state index in [0.717, 1.165) is 25.9 Å². The molecule has 0 aliphatic carbocycles. The molecule has 136 valence electrons. The van der Waals surface area contributed by atoms with Crippen LogP contribution in [0, 0.1) is 5.92 Å². The highest BCUT2D eigenvalue weighted by atomic mass is 35.5. The summed E-state index contributed by atoms with van der Waals surface area (Å²) in [5.74, 6) is 0.0703. The zero-order chi connectivity index (χ0) is 16.9. The number of hydrogen-bond acceptors (Lipinski definition) is 4. The molecule has 2 unspecified atom stereocenters. The van der Waals surface area contributed by atoms with E-state index in [0.29, 0.717) is 17.5 Å². The predicted molar refractivity (Wildman–Crippen MR) is 97.1 cm³/mol. The number of piperidine rings is 1. The summed E-state index contributed by atoms with van der Waals surface area (Å²) >= 11 is 5.75. The lowest BCUT2D eigenvalue weighted by Gasteiger charge is -2.23. The first kappa shape index (κ1) is 21.2. The van der Waals surface area contributed by atoms with E-state index in [1.807, 2.05) is 0 Å². The van der Waals surface area contributed by atoms with Crippen LogP contribution in [0.1, 0.15) is 19.8 Å². The SMILES string of the molecule is CC(NS(=O)(=O)c1ccc(Cl)cc1)C(=O)NCC1CCCNC1.Cl. The summed E-state index contributed by atoms with van der Waals surface area (Å²) in [4.78, 5) is 12.2. The summed E-state index contributed by atoms with van der Waals surface area (Å²) in [5, 5.41) is 6.54. The maximum Gasteiger partial charge on any atom is 0.241 e. The Morgan fingerprint density at radius 1 is 1.38 bits per heavy atom. The van der Waals surface area contributed by atoms with E-state index in [-0.39, 0.29) is 23.2 Å². The van der Waals surface area contributed by atoms with Crippen molar-refractivity contribution >= 4 is 39.9 Å². The van der Waals surface area contributed by atoms with E-state index in [1.165, 1.54) is 31.2 Å². The molecule has 0 aromatic heterocycles. The lowest BCUT2D eigenvalue weighted by Crippen LogP contribution is -2.47. The van der Waals surface area contributed by atoms with Crippen LogP contribution in [0.3, 0.4) is 0 Å². The highest BCUT2D eigenvalue weighted by Crippen LogP contribution is 2.14. The molecule has 24 heavy (non-hydrogen) atoms. The largest absolute Gasteiger partial charge is 0.354 e. The Morgan fingerprint density at radius 2 is 2.04 bits per heavy atom. The molecule has 1 aromatic rings. The molecule has 1 heterocycles. The van der Waals surface area contributed by atoms with Gasteiger partial charge in [0.05, 0.1) is 10.9 Å². The van der Waals surface area contributed by atoms with Gasteiger partial charge >= 0.3 is 0 Å². The number of rotatable bonds is 6. The fourth-order valence-corrected chi connectivity index (χ4v) is 3.79. The molecule has 0 saturated carbocycles. The second-order valence-electron chi connectivity index (χ2n) is 5.75. The second-order valence-corrected chi connectivity index (χ2v) is 7.90. The van der Waals surface area contributed by atoms with Crippen LogP contribution in [0.4, 0.5) is 0 Å². The van der Waals surface area contributed by atoms with Crippen LogP contribution in [0.2, 0.25) is 5.02 Å². The molecule has 3 N–H and O–H groups in total. The Morgan fingerprint density at radius 3 is 2.62 bits per heavy atom. The number of halogens is 2. The van der Waals surface area contributed by atoms with Crippen molar-refractivity contribution in [1.82, 2.24) is 15.4 Å². The van der Waals surface area contributed by atoms with Gasteiger partial charge in [-0.05, 0) is 63.0 Å². The van der Waals surface area contributed by atoms with Gasteiger partial charge in [-0.25, -0.2) is 8.42 Å². The summed E-state index contributed by atoms with van der Waals surface area (Å²) in [7, 11) is -3.75. The first-order valence-corrected chi connectivity index (χ1v) is 9.51. The van der Waals surface area contributed by atoms with Crippen molar-refractivity contribution in [3.8, 4) is 0 Å². The number of nitrogens with one attached hydrogen (secondary N) is 3. The van der Waals surface area contributed by atoms with Crippen molar-refractivity contribution in [2.45, 2.75) is 30.7 Å². The summed E-state index contributed by atoms with van der Waals surface area (Å²) in [5.41, 5.74) is 0. The third-order valence-electron chi connectivity index (χ3n) is 3.81. The van der Waals surface area contributed by atoms with Crippen molar-refractivity contribution in [2.75, 3.05) is 19.6 Å². The van der Waals surface area contributed by atoms with E-state index < -0.39 is 16.1 Å². The molecule has 1 aromatic carbocycles. The van der Waals surface area contributed by atoms with Crippen LogP contribution in [-0.2, 0) is 14.8 Å². The first-order chi connectivity index (χ1) is 10.9. The maximum absolute atomic E-state index is 12.2. The zero-order valence-electron chi connectivity index (χ0n) is 13.4. The summed E-state index contributed by atoms with van der Waals surface area (Å²) in [6.45, 7) is 3.98. The van der Waals surface area contributed by atoms with Crippen LogP contribution >= 0.6 is 24.0 Å². The van der Waals surface area contributed by atoms with Gasteiger partial charge in [-0.1, -0.05) is 11.6 Å². The third kappa shape index (κ3) is 6.22. The normalized spacial score (nSPS) is 19.2. The van der Waals surface area contributed by atoms with Gasteiger partial charge in [-0.2, -0.15) is 4.72 Å². The average Bonchev–Trinajstić information content (AvgIpc) is 2.53. The van der Waals surface area contributed by atoms with Crippen LogP contribution in [0.5, 0.6) is 0 Å². The Labute approximate surface area is 154 Å². The number of benzene rings is 1. The van der Waals surface area contributed by atoms with Crippen molar-refractivity contribution in [3.63, 3.8) is 0 Å². The Hall–Kier alpha value is -0.860. The van der Waals surface area contributed by atoms with Gasteiger partial charge < -0.3 is 10.6 Å². The summed E-state index contributed by atoms with van der Waals surface area (Å²) < 4.78 is 26.8. The topological polar surface area (TPSA) is 87.3 Å². The van der Waals surface area contributed by atoms with Gasteiger partial charge in [-0.3, -0.25) is 4.79 Å². The van der Waals surface area contributed by atoms with Crippen LogP contribution in [0.15, 0.2) is 29.2 Å². The molecule has 0 bridgehead atoms. The Bertz CT molecular complexity index is 632. The Kier molecular flexibility index (Phi) is 8.45. The minimum atomic E-state index is -3.75. The number of sulfonamides is 1. The molecular weight excluding hydrogens is 373 g/mol. The van der Waals surface area contributed by atoms with Gasteiger partial charge in [0.15, 0.2) is 0 Å². The van der Waals surface area contributed by atoms with Crippen molar-refractivity contribution in [2.24, 2.45) is 5.92 Å². The highest BCUT2D eigenvalue weighted by Gasteiger charge is 2.23. The van der Waals surface area contributed by atoms with Crippen molar-refractivity contribution < 1.29 is 13.2 Å². The van der Waals surface area contributed by atoms with Crippen LogP contribution in [0.25, 0.3) is 0 Å². The number of carbonyl (C=O) groups is 1. The molecule has 1 aliphatic heterocycles. The lowest BCUT2D eigenvalue weighted by atomic mass is 10.00. The average molecular weight is 396 g/mol. The second kappa shape index (κ2) is 9.58. The smallest absolute Gasteiger partial charge is 0.241 e. The molecule has 1 fully saturated rings. The summed E-state index contributed by atoms with van der Waals surface area (Å²) in [6, 6.07) is 4.96. The first-order valence-electron chi connectivity index (χ1n) is 7.65. The van der Waals surface area contributed by atoms with Crippen LogP contribution in [-0.4, -0.2) is 40.0 Å². The van der Waals surface area contributed by atoms with E-state index >= 15 is 0 Å². The lowest BCUT2D eigenvalue weighted by molar-refractivity contribution is -0.122. The number of carbonyl (C=O) groups excluding carboxylic acids is 1. The molecule has 2 atom stereocenters. The number of hydrogen-bond donors (Lipinski definition) is 3. The van der Waals surface area contributed by atoms with E-state index in [4.69, 9.17) is 11.6 Å². The van der Waals surface area contributed by atoms with E-state index in [2.05, 4.69) is 15.4 Å². The highest BCUT2D eigenvalue weighted by molar-refractivity contribution is 7.89. The molecule has 9 heteroatoms. The Balaban J connectivity index is 0.00000288. The molecular formula is C15H23Cl2N3O3S. The fourth-order valence-electron chi connectivity index (χ4n) is 2.46. The number of amides is 1. The van der Waals surface area contributed by atoms with Gasteiger partial charge in [0.2, 0.25) is 15.9 Å². The minimum absolute atomic E-state index is 0. The summed E-state index contributed by atoms with van der Waals surface area (Å²) in [6.07, 6.45) is 2.16. The van der Waals surface area contributed by atoms with Gasteiger partial charge in [0.25, 0.3) is 0 Å². The van der Waals surface area contributed by atoms with Crippen molar-refractivity contribution in [1.29, 1.82) is 0 Å². The van der Waals surface area contributed by atoms with Gasteiger partial charge in [-0.15, -0.1) is 12.4 Å². The van der Waals surface area contributed by atoms with E-state index in [1.54, 1.807) is 0 Å². The molecule has 0 spiro atoms. The zero-order valence-corrected chi connectivity index (χ0v) is 15.8. The standard InChI is InChI=1S/C15H22ClN3O3S.ClH/c1-11(15(20)18-10-12-3-2-8-17-9-12)19-23(21,22)14-6-4-13(16)5-7-14;/h4-7,11-12,17,19H,2-3,8-10H2,1H3,(H,18,20);1H. The fraction of sp³-hybridized carbons (Fsp3) is 0.533.